The van der Waals surface area contributed by atoms with E-state index >= 15 is 0 Å². The average molecular weight is 319 g/mol. The van der Waals surface area contributed by atoms with Crippen LogP contribution in [0.1, 0.15) is 17.0 Å². The van der Waals surface area contributed by atoms with Crippen molar-refractivity contribution in [2.45, 2.75) is 12.8 Å². The number of carbonyl (C=O) groups is 1. The van der Waals surface area contributed by atoms with Crippen molar-refractivity contribution in [3.8, 4) is 0 Å². The lowest BCUT2D eigenvalue weighted by molar-refractivity contribution is -0.116. The Morgan fingerprint density at radius 3 is 2.43 bits per heavy atom. The van der Waals surface area contributed by atoms with Crippen LogP contribution < -0.4 is 11.1 Å². The van der Waals surface area contributed by atoms with Gasteiger partial charge in [-0.05, 0) is 24.1 Å². The molecule has 1 unspecified atom stereocenters. The summed E-state index contributed by atoms with van der Waals surface area (Å²) in [7, 11) is 0. The molecule has 3 N–H and O–H groups in total. The van der Waals surface area contributed by atoms with Crippen molar-refractivity contribution in [1.82, 2.24) is 0 Å². The van der Waals surface area contributed by atoms with E-state index in [-0.39, 0.29) is 10.9 Å². The smallest absolute Gasteiger partial charge is 0.238 e. The van der Waals surface area contributed by atoms with Gasteiger partial charge < -0.3 is 11.1 Å². The van der Waals surface area contributed by atoms with E-state index in [2.05, 4.69) is 5.32 Å². The van der Waals surface area contributed by atoms with E-state index in [1.807, 2.05) is 49.4 Å². The molecule has 3 nitrogen and oxygen atoms in total. The van der Waals surface area contributed by atoms with Gasteiger partial charge in [0.05, 0.1) is 15.7 Å². The fourth-order valence-corrected chi connectivity index (χ4v) is 2.59. The number of aryl methyl sites for hydroxylation is 1. The van der Waals surface area contributed by atoms with Crippen molar-refractivity contribution in [3.05, 3.63) is 64.7 Å². The molecule has 0 saturated carbocycles. The summed E-state index contributed by atoms with van der Waals surface area (Å²) in [5, 5.41) is 3.30. The number of halogens is 1. The molecule has 0 spiro atoms. The highest BCUT2D eigenvalue weighted by molar-refractivity contribution is 7.80. The Morgan fingerprint density at radius 2 is 1.86 bits per heavy atom. The molecule has 108 valence electrons. The molecule has 21 heavy (non-hydrogen) atoms. The van der Waals surface area contributed by atoms with Crippen LogP contribution in [0.4, 0.5) is 5.69 Å². The Hall–Kier alpha value is -1.91. The van der Waals surface area contributed by atoms with Gasteiger partial charge in [0.25, 0.3) is 0 Å². The highest BCUT2D eigenvalue weighted by Crippen LogP contribution is 2.27. The number of carbonyl (C=O) groups excluding carboxylic acids is 1. The third-order valence-electron chi connectivity index (χ3n) is 3.15. The number of hydrogen-bond donors (Lipinski definition) is 2. The standard InChI is InChI=1S/C16H15ClN2OS/c1-10-6-5-9-12(17)14(10)19-16(20)13(15(18)21)11-7-3-2-4-8-11/h2-9,13H,1H3,(H2,18,21)(H,19,20). The van der Waals surface area contributed by atoms with Gasteiger partial charge in [0.1, 0.15) is 5.92 Å². The molecule has 0 aliphatic heterocycles. The maximum Gasteiger partial charge on any atom is 0.238 e. The van der Waals surface area contributed by atoms with Gasteiger partial charge in [0, 0.05) is 0 Å². The Labute approximate surface area is 134 Å². The fraction of sp³-hybridized carbons (Fsp3) is 0.125. The van der Waals surface area contributed by atoms with Crippen LogP contribution in [-0.4, -0.2) is 10.9 Å². The van der Waals surface area contributed by atoms with Gasteiger partial charge in [-0.1, -0.05) is 66.3 Å². The molecule has 0 fully saturated rings. The molecule has 0 bridgehead atoms. The molecular weight excluding hydrogens is 304 g/mol. The molecule has 0 heterocycles. The predicted molar refractivity (Wildman–Crippen MR) is 90.8 cm³/mol. The summed E-state index contributed by atoms with van der Waals surface area (Å²) in [4.78, 5) is 12.6. The topological polar surface area (TPSA) is 55.1 Å². The molecule has 0 aliphatic carbocycles. The Morgan fingerprint density at radius 1 is 1.19 bits per heavy atom. The summed E-state index contributed by atoms with van der Waals surface area (Å²) < 4.78 is 0. The number of nitrogens with one attached hydrogen (secondary N) is 1. The molecule has 1 amide bonds. The lowest BCUT2D eigenvalue weighted by atomic mass is 9.98. The Kier molecular flexibility index (Phi) is 4.94. The van der Waals surface area contributed by atoms with Crippen LogP contribution in [-0.2, 0) is 4.79 Å². The van der Waals surface area contributed by atoms with Crippen LogP contribution in [0.5, 0.6) is 0 Å². The highest BCUT2D eigenvalue weighted by atomic mass is 35.5. The molecule has 2 aromatic carbocycles. The predicted octanol–water partition coefficient (Wildman–Crippen LogP) is 3.66. The minimum atomic E-state index is -0.683. The van der Waals surface area contributed by atoms with Gasteiger partial charge in [-0.2, -0.15) is 0 Å². The number of anilines is 1. The summed E-state index contributed by atoms with van der Waals surface area (Å²) in [5.41, 5.74) is 7.96. The van der Waals surface area contributed by atoms with E-state index in [1.54, 1.807) is 6.07 Å². The highest BCUT2D eigenvalue weighted by Gasteiger charge is 2.24. The maximum absolute atomic E-state index is 12.5. The first-order valence-electron chi connectivity index (χ1n) is 6.41. The lowest BCUT2D eigenvalue weighted by Crippen LogP contribution is -2.31. The summed E-state index contributed by atoms with van der Waals surface area (Å²) in [6.45, 7) is 1.87. The molecule has 5 heteroatoms. The third-order valence-corrected chi connectivity index (χ3v) is 3.70. The van der Waals surface area contributed by atoms with Crippen molar-refractivity contribution < 1.29 is 4.79 Å². The quantitative estimate of drug-likeness (QED) is 0.846. The summed E-state index contributed by atoms with van der Waals surface area (Å²) in [6.07, 6.45) is 0. The lowest BCUT2D eigenvalue weighted by Gasteiger charge is -2.17. The van der Waals surface area contributed by atoms with Crippen LogP contribution in [0.15, 0.2) is 48.5 Å². The number of benzene rings is 2. The Balaban J connectivity index is 2.31. The summed E-state index contributed by atoms with van der Waals surface area (Å²) in [6, 6.07) is 14.6. The van der Waals surface area contributed by atoms with E-state index in [1.165, 1.54) is 0 Å². The normalized spacial score (nSPS) is 11.7. The first-order valence-corrected chi connectivity index (χ1v) is 7.19. The van der Waals surface area contributed by atoms with Gasteiger partial charge in [0.2, 0.25) is 5.91 Å². The molecule has 0 aromatic heterocycles. The second-order valence-electron chi connectivity index (χ2n) is 4.67. The zero-order valence-electron chi connectivity index (χ0n) is 11.5. The number of thiocarbonyl (C=S) groups is 1. The van der Waals surface area contributed by atoms with Gasteiger partial charge in [-0.25, -0.2) is 0 Å². The number of hydrogen-bond acceptors (Lipinski definition) is 2. The zero-order valence-corrected chi connectivity index (χ0v) is 13.0. The molecule has 2 rings (SSSR count). The van der Waals surface area contributed by atoms with Crippen molar-refractivity contribution in [3.63, 3.8) is 0 Å². The van der Waals surface area contributed by atoms with Crippen LogP contribution in [0.2, 0.25) is 5.02 Å². The maximum atomic E-state index is 12.5. The van der Waals surface area contributed by atoms with Crippen molar-refractivity contribution in [1.29, 1.82) is 0 Å². The second-order valence-corrected chi connectivity index (χ2v) is 5.55. The van der Waals surface area contributed by atoms with E-state index in [9.17, 15) is 4.79 Å². The summed E-state index contributed by atoms with van der Waals surface area (Å²) >= 11 is 11.2. The van der Waals surface area contributed by atoms with Gasteiger partial charge in [-0.3, -0.25) is 4.79 Å². The second kappa shape index (κ2) is 6.70. The first-order chi connectivity index (χ1) is 10.0. The van der Waals surface area contributed by atoms with E-state index in [4.69, 9.17) is 29.6 Å². The molecule has 1 atom stereocenters. The fourth-order valence-electron chi connectivity index (χ4n) is 2.08. The molecule has 0 aliphatic rings. The van der Waals surface area contributed by atoms with E-state index < -0.39 is 5.92 Å². The van der Waals surface area contributed by atoms with Crippen molar-refractivity contribution >= 4 is 40.4 Å². The monoisotopic (exact) mass is 318 g/mol. The molecule has 0 radical (unpaired) electrons. The van der Waals surface area contributed by atoms with Gasteiger partial charge in [-0.15, -0.1) is 0 Å². The van der Waals surface area contributed by atoms with Crippen molar-refractivity contribution in [2.24, 2.45) is 5.73 Å². The van der Waals surface area contributed by atoms with E-state index in [0.29, 0.717) is 10.7 Å². The zero-order chi connectivity index (χ0) is 15.4. The number of nitrogens with two attached hydrogens (primary N) is 1. The minimum Gasteiger partial charge on any atom is -0.392 e. The van der Waals surface area contributed by atoms with Crippen LogP contribution in [0.25, 0.3) is 0 Å². The number of para-hydroxylation sites is 1. The molecule has 2 aromatic rings. The average Bonchev–Trinajstić information content (AvgIpc) is 2.44. The van der Waals surface area contributed by atoms with Crippen LogP contribution in [0.3, 0.4) is 0 Å². The number of amides is 1. The van der Waals surface area contributed by atoms with Crippen molar-refractivity contribution in [2.75, 3.05) is 5.32 Å². The molecule has 0 saturated heterocycles. The Bertz CT molecular complexity index is 653. The van der Waals surface area contributed by atoms with Gasteiger partial charge in [0.15, 0.2) is 0 Å². The first kappa shape index (κ1) is 15.5. The number of rotatable bonds is 4. The van der Waals surface area contributed by atoms with E-state index in [0.717, 1.165) is 11.1 Å². The SMILES string of the molecule is Cc1cccc(Cl)c1NC(=O)C(C(N)=S)c1ccccc1. The van der Waals surface area contributed by atoms with Crippen LogP contribution >= 0.6 is 23.8 Å². The largest absolute Gasteiger partial charge is 0.392 e. The minimum absolute atomic E-state index is 0.128. The van der Waals surface area contributed by atoms with Gasteiger partial charge >= 0.3 is 0 Å². The van der Waals surface area contributed by atoms with Crippen LogP contribution in [0, 0.1) is 6.92 Å². The third kappa shape index (κ3) is 3.60. The molecular formula is C16H15ClN2OS. The summed E-state index contributed by atoms with van der Waals surface area (Å²) in [5.74, 6) is -0.971.